The van der Waals surface area contributed by atoms with E-state index in [0.717, 1.165) is 27.6 Å². The second kappa shape index (κ2) is 11.7. The van der Waals surface area contributed by atoms with Crippen LogP contribution < -0.4 is 0 Å². The Bertz CT molecular complexity index is 3790. The summed E-state index contributed by atoms with van der Waals surface area (Å²) in [6.45, 7) is 0. The average molecular weight is 742 g/mol. The predicted molar refractivity (Wildman–Crippen MR) is 244 cm³/mol. The number of aromatic nitrogens is 1. The van der Waals surface area contributed by atoms with Crippen molar-refractivity contribution in [2.24, 2.45) is 0 Å². The lowest BCUT2D eigenvalue weighted by Crippen LogP contribution is -1.95. The summed E-state index contributed by atoms with van der Waals surface area (Å²) in [7, 11) is 0. The lowest BCUT2D eigenvalue weighted by molar-refractivity contribution is 0.669. The van der Waals surface area contributed by atoms with Gasteiger partial charge < -0.3 is 8.98 Å². The van der Waals surface area contributed by atoms with Crippen molar-refractivity contribution in [3.63, 3.8) is 0 Å². The molecule has 0 amide bonds. The Labute approximate surface area is 331 Å². The zero-order chi connectivity index (χ0) is 37.2. The molecule has 13 aromatic rings. The van der Waals surface area contributed by atoms with E-state index in [4.69, 9.17) is 4.42 Å². The molecule has 0 unspecified atom stereocenters. The minimum atomic E-state index is 0.885. The van der Waals surface area contributed by atoms with Crippen LogP contribution in [0.1, 0.15) is 0 Å². The van der Waals surface area contributed by atoms with Crippen molar-refractivity contribution in [3.8, 4) is 27.9 Å². The maximum absolute atomic E-state index is 6.72. The number of hydrogen-bond donors (Lipinski definition) is 0. The Balaban J connectivity index is 1.06. The maximum atomic E-state index is 6.72. The lowest BCUT2D eigenvalue weighted by Gasteiger charge is -2.13. The van der Waals surface area contributed by atoms with E-state index in [-0.39, 0.29) is 0 Å². The van der Waals surface area contributed by atoms with E-state index in [1.165, 1.54) is 96.5 Å². The van der Waals surface area contributed by atoms with Gasteiger partial charge in [0.05, 0.1) is 22.1 Å². The Hall–Kier alpha value is -7.20. The Kier molecular flexibility index (Phi) is 6.35. The summed E-state index contributed by atoms with van der Waals surface area (Å²) in [6.07, 6.45) is 0. The number of rotatable bonds is 3. The Morgan fingerprint density at radius 1 is 0.333 bits per heavy atom. The van der Waals surface area contributed by atoms with Crippen LogP contribution in [0.25, 0.3) is 124 Å². The van der Waals surface area contributed by atoms with E-state index in [1.54, 1.807) is 0 Å². The third kappa shape index (κ3) is 4.35. The van der Waals surface area contributed by atoms with Crippen molar-refractivity contribution < 1.29 is 4.42 Å². The molecule has 3 aromatic heterocycles. The molecule has 0 N–H and O–H groups in total. The molecule has 264 valence electrons. The first-order chi connectivity index (χ1) is 28.3. The van der Waals surface area contributed by atoms with Crippen LogP contribution in [0.3, 0.4) is 0 Å². The number of para-hydroxylation sites is 1. The number of benzene rings is 10. The number of furan rings is 1. The second-order valence-corrected chi connectivity index (χ2v) is 16.2. The van der Waals surface area contributed by atoms with Gasteiger partial charge in [-0.3, -0.25) is 0 Å². The van der Waals surface area contributed by atoms with Crippen LogP contribution >= 0.6 is 11.3 Å². The highest BCUT2D eigenvalue weighted by atomic mass is 32.1. The first-order valence-corrected chi connectivity index (χ1v) is 20.3. The van der Waals surface area contributed by atoms with Crippen LogP contribution in [0.2, 0.25) is 0 Å². The zero-order valence-corrected chi connectivity index (χ0v) is 31.5. The molecule has 0 spiro atoms. The molecule has 57 heavy (non-hydrogen) atoms. The van der Waals surface area contributed by atoms with Gasteiger partial charge in [-0.05, 0) is 109 Å². The molecule has 2 nitrogen and oxygen atoms in total. The normalized spacial score (nSPS) is 12.2. The molecule has 0 radical (unpaired) electrons. The Morgan fingerprint density at radius 3 is 1.63 bits per heavy atom. The number of fused-ring (bicyclic) bond motifs is 15. The average Bonchev–Trinajstić information content (AvgIpc) is 3.96. The smallest absolute Gasteiger partial charge is 0.137 e. The fourth-order valence-corrected chi connectivity index (χ4v) is 10.9. The first kappa shape index (κ1) is 31.1. The molecule has 0 atom stereocenters. The summed E-state index contributed by atoms with van der Waals surface area (Å²) >= 11 is 1.86. The summed E-state index contributed by atoms with van der Waals surface area (Å²) in [4.78, 5) is 0. The molecule has 3 heteroatoms. The molecule has 0 aliphatic rings. The minimum absolute atomic E-state index is 0.885. The first-order valence-electron chi connectivity index (χ1n) is 19.5. The number of thiophene rings is 1. The van der Waals surface area contributed by atoms with Crippen LogP contribution in [0.4, 0.5) is 0 Å². The van der Waals surface area contributed by atoms with Crippen LogP contribution in [-0.2, 0) is 0 Å². The van der Waals surface area contributed by atoms with Gasteiger partial charge in [-0.15, -0.1) is 11.3 Å². The largest absolute Gasteiger partial charge is 0.456 e. The van der Waals surface area contributed by atoms with Crippen LogP contribution in [-0.4, -0.2) is 4.57 Å². The van der Waals surface area contributed by atoms with Crippen LogP contribution in [0, 0.1) is 0 Å². The topological polar surface area (TPSA) is 18.1 Å². The molecule has 0 saturated heterocycles. The van der Waals surface area contributed by atoms with Crippen molar-refractivity contribution in [2.45, 2.75) is 0 Å². The van der Waals surface area contributed by atoms with Gasteiger partial charge >= 0.3 is 0 Å². The molecule has 3 heterocycles. The molecule has 0 saturated carbocycles. The molecule has 13 rings (SSSR count). The van der Waals surface area contributed by atoms with Crippen molar-refractivity contribution in [1.29, 1.82) is 0 Å². The fourth-order valence-electron chi connectivity index (χ4n) is 9.76. The third-order valence-electron chi connectivity index (χ3n) is 12.2. The highest BCUT2D eigenvalue weighted by Gasteiger charge is 2.22. The van der Waals surface area contributed by atoms with Crippen molar-refractivity contribution in [2.75, 3.05) is 0 Å². The van der Waals surface area contributed by atoms with E-state index >= 15 is 0 Å². The monoisotopic (exact) mass is 741 g/mol. The number of hydrogen-bond acceptors (Lipinski definition) is 2. The summed E-state index contributed by atoms with van der Waals surface area (Å²) < 4.78 is 11.8. The molecular formula is C54H31NOS. The summed E-state index contributed by atoms with van der Waals surface area (Å²) in [6, 6.07) is 68.9. The highest BCUT2D eigenvalue weighted by molar-refractivity contribution is 7.25. The van der Waals surface area contributed by atoms with Crippen LogP contribution in [0.15, 0.2) is 192 Å². The molecule has 0 aliphatic heterocycles. The minimum Gasteiger partial charge on any atom is -0.456 e. The van der Waals surface area contributed by atoms with Crippen molar-refractivity contribution in [1.82, 2.24) is 4.57 Å². The predicted octanol–water partition coefficient (Wildman–Crippen LogP) is 15.8. The molecular weight excluding hydrogens is 711 g/mol. The van der Waals surface area contributed by atoms with Crippen molar-refractivity contribution in [3.05, 3.63) is 188 Å². The summed E-state index contributed by atoms with van der Waals surface area (Å²) in [5, 5.41) is 15.1. The lowest BCUT2D eigenvalue weighted by atomic mass is 9.92. The second-order valence-electron chi connectivity index (χ2n) is 15.1. The van der Waals surface area contributed by atoms with E-state index in [1.807, 2.05) is 11.3 Å². The zero-order valence-electron chi connectivity index (χ0n) is 30.7. The van der Waals surface area contributed by atoms with E-state index in [2.05, 4.69) is 193 Å². The van der Waals surface area contributed by atoms with Gasteiger partial charge in [0, 0.05) is 36.3 Å². The summed E-state index contributed by atoms with van der Waals surface area (Å²) in [5.74, 6) is 0. The third-order valence-corrected chi connectivity index (χ3v) is 13.3. The van der Waals surface area contributed by atoms with Crippen LogP contribution in [0.5, 0.6) is 0 Å². The molecule has 0 aliphatic carbocycles. The van der Waals surface area contributed by atoms with Gasteiger partial charge in [-0.25, -0.2) is 0 Å². The van der Waals surface area contributed by atoms with E-state index < -0.39 is 0 Å². The quantitative estimate of drug-likeness (QED) is 0.165. The SMILES string of the molecule is c1cc(-c2cccc3sc4ccccc4c23)c2c(c1)oc1cccc(-n3c4ccccc4c4cc(-c5ccc6c7ccccc7c7ccccc7c6c5)ccc43)c12. The van der Waals surface area contributed by atoms with E-state index in [0.29, 0.717) is 0 Å². The maximum Gasteiger partial charge on any atom is 0.137 e. The van der Waals surface area contributed by atoms with E-state index in [9.17, 15) is 0 Å². The Morgan fingerprint density at radius 2 is 0.860 bits per heavy atom. The highest BCUT2D eigenvalue weighted by Crippen LogP contribution is 2.46. The fraction of sp³-hybridized carbons (Fsp3) is 0. The van der Waals surface area contributed by atoms with Crippen molar-refractivity contribution >= 4 is 108 Å². The molecule has 0 bridgehead atoms. The van der Waals surface area contributed by atoms with Gasteiger partial charge in [-0.2, -0.15) is 0 Å². The van der Waals surface area contributed by atoms with Gasteiger partial charge in [0.25, 0.3) is 0 Å². The van der Waals surface area contributed by atoms with Gasteiger partial charge in [0.2, 0.25) is 0 Å². The van der Waals surface area contributed by atoms with Gasteiger partial charge in [-0.1, -0.05) is 133 Å². The molecule has 10 aromatic carbocycles. The molecule has 0 fully saturated rings. The van der Waals surface area contributed by atoms with Gasteiger partial charge in [0.15, 0.2) is 0 Å². The van der Waals surface area contributed by atoms with Gasteiger partial charge in [0.1, 0.15) is 11.2 Å². The summed E-state index contributed by atoms with van der Waals surface area (Å²) in [5.41, 5.74) is 10.1. The standard InChI is InChI=1S/C54H31NOS/c1-2-14-36-34(12-1)35-13-3-4-15-37(35)43-30-32(26-28-38(36)43)33-27-29-46-44(31-33)39-16-5-7-20-45(39)55(46)47-21-11-23-49-54(47)53-41(18-9-22-48(53)56-49)40-19-10-25-51-52(40)42-17-6-8-24-50(42)57-51/h1-31H. The number of nitrogens with zero attached hydrogens (tertiary/aromatic N) is 1.